The zero-order chi connectivity index (χ0) is 9.35. The first-order chi connectivity index (χ1) is 5.47. The van der Waals surface area contributed by atoms with Crippen molar-refractivity contribution < 1.29 is 24.5 Å². The van der Waals surface area contributed by atoms with Gasteiger partial charge in [0, 0.05) is 0 Å². The van der Waals surface area contributed by atoms with Gasteiger partial charge in [-0.3, -0.25) is 0 Å². The first-order valence-electron chi connectivity index (χ1n) is 3.17. The number of hydrogen-bond acceptors (Lipinski definition) is 3. The van der Waals surface area contributed by atoms with Crippen LogP contribution in [0.15, 0.2) is 24.1 Å². The van der Waals surface area contributed by atoms with Crippen molar-refractivity contribution in [2.24, 2.45) is 0 Å². The summed E-state index contributed by atoms with van der Waals surface area (Å²) in [5.74, 6) is -2.39. The van der Waals surface area contributed by atoms with Crippen molar-refractivity contribution >= 4 is 5.97 Å². The summed E-state index contributed by atoms with van der Waals surface area (Å²) in [7, 11) is 0. The van der Waals surface area contributed by atoms with E-state index in [4.69, 9.17) is 10.2 Å². The standard InChI is InChI=1S/C7H7FO4/c8-4-1-2-7(12,6(10)11)5(9)3-4/h1-3,5,9,12H,(H,10,11). The van der Waals surface area contributed by atoms with E-state index in [-0.39, 0.29) is 0 Å². The van der Waals surface area contributed by atoms with Crippen LogP contribution in [0.25, 0.3) is 0 Å². The van der Waals surface area contributed by atoms with E-state index in [0.717, 1.165) is 6.08 Å². The number of carboxylic acids is 1. The number of carboxylic acid groups (broad SMARTS) is 1. The molecule has 1 aliphatic carbocycles. The number of carbonyl (C=O) groups is 1. The highest BCUT2D eigenvalue weighted by Gasteiger charge is 2.42. The van der Waals surface area contributed by atoms with Crippen LogP contribution in [-0.4, -0.2) is 33.0 Å². The number of allylic oxidation sites excluding steroid dienone is 2. The zero-order valence-electron chi connectivity index (χ0n) is 5.94. The van der Waals surface area contributed by atoms with Crippen molar-refractivity contribution in [3.8, 4) is 0 Å². The number of halogens is 1. The Hall–Kier alpha value is -1.20. The molecule has 0 fully saturated rings. The normalized spacial score (nSPS) is 34.6. The van der Waals surface area contributed by atoms with E-state index in [1.54, 1.807) is 0 Å². The molecule has 2 atom stereocenters. The highest BCUT2D eigenvalue weighted by atomic mass is 19.1. The van der Waals surface area contributed by atoms with E-state index in [1.165, 1.54) is 0 Å². The van der Waals surface area contributed by atoms with E-state index in [2.05, 4.69) is 0 Å². The van der Waals surface area contributed by atoms with Gasteiger partial charge in [0.25, 0.3) is 0 Å². The van der Waals surface area contributed by atoms with E-state index in [0.29, 0.717) is 12.2 Å². The molecular formula is C7H7FO4. The highest BCUT2D eigenvalue weighted by molar-refractivity contribution is 5.81. The maximum atomic E-state index is 12.4. The third-order valence-electron chi connectivity index (χ3n) is 1.61. The fraction of sp³-hybridized carbons (Fsp3) is 0.286. The van der Waals surface area contributed by atoms with E-state index < -0.39 is 23.5 Å². The molecule has 2 unspecified atom stereocenters. The van der Waals surface area contributed by atoms with Gasteiger partial charge in [0.05, 0.1) is 0 Å². The molecule has 12 heavy (non-hydrogen) atoms. The second-order valence-corrected chi connectivity index (χ2v) is 2.46. The van der Waals surface area contributed by atoms with Crippen molar-refractivity contribution in [2.45, 2.75) is 11.7 Å². The average molecular weight is 174 g/mol. The Bertz CT molecular complexity index is 271. The molecule has 4 nitrogen and oxygen atoms in total. The van der Waals surface area contributed by atoms with E-state index in [9.17, 15) is 14.3 Å². The van der Waals surface area contributed by atoms with Gasteiger partial charge in [-0.15, -0.1) is 0 Å². The van der Waals surface area contributed by atoms with Gasteiger partial charge in [-0.2, -0.15) is 0 Å². The van der Waals surface area contributed by atoms with Gasteiger partial charge in [0.15, 0.2) is 0 Å². The molecule has 0 saturated carbocycles. The van der Waals surface area contributed by atoms with Crippen LogP contribution in [0.4, 0.5) is 4.39 Å². The lowest BCUT2D eigenvalue weighted by Gasteiger charge is -2.25. The molecule has 0 radical (unpaired) electrons. The SMILES string of the molecule is O=C(O)C1(O)C=CC(F)=CC1O. The molecule has 66 valence electrons. The van der Waals surface area contributed by atoms with Gasteiger partial charge >= 0.3 is 5.97 Å². The summed E-state index contributed by atoms with van der Waals surface area (Å²) in [6.45, 7) is 0. The lowest BCUT2D eigenvalue weighted by Crippen LogP contribution is -2.48. The summed E-state index contributed by atoms with van der Waals surface area (Å²) in [4.78, 5) is 10.4. The lowest BCUT2D eigenvalue weighted by molar-refractivity contribution is -0.160. The number of aliphatic hydroxyl groups is 2. The maximum Gasteiger partial charge on any atom is 0.342 e. The Kier molecular flexibility index (Phi) is 1.99. The Morgan fingerprint density at radius 3 is 2.67 bits per heavy atom. The molecule has 0 saturated heterocycles. The summed E-state index contributed by atoms with van der Waals surface area (Å²) in [5, 5.41) is 26.6. The van der Waals surface area contributed by atoms with Gasteiger partial charge in [-0.05, 0) is 18.2 Å². The minimum atomic E-state index is -2.41. The quantitative estimate of drug-likeness (QED) is 0.504. The van der Waals surface area contributed by atoms with Crippen LogP contribution in [0, 0.1) is 0 Å². The predicted octanol–water partition coefficient (Wildman–Crippen LogP) is -0.414. The molecule has 5 heteroatoms. The number of rotatable bonds is 1. The smallest absolute Gasteiger partial charge is 0.342 e. The molecule has 0 aromatic rings. The molecular weight excluding hydrogens is 167 g/mol. The van der Waals surface area contributed by atoms with Crippen LogP contribution in [0.1, 0.15) is 0 Å². The summed E-state index contributed by atoms with van der Waals surface area (Å²) >= 11 is 0. The van der Waals surface area contributed by atoms with Crippen LogP contribution >= 0.6 is 0 Å². The fourth-order valence-corrected chi connectivity index (χ4v) is 0.836. The highest BCUT2D eigenvalue weighted by Crippen LogP contribution is 2.22. The average Bonchev–Trinajstić information content (AvgIpc) is 1.97. The van der Waals surface area contributed by atoms with Crippen LogP contribution in [0.3, 0.4) is 0 Å². The minimum absolute atomic E-state index is 0.633. The zero-order valence-corrected chi connectivity index (χ0v) is 5.94. The number of hydrogen-bond donors (Lipinski definition) is 3. The number of aliphatic hydroxyl groups excluding tert-OH is 1. The summed E-state index contributed by atoms with van der Waals surface area (Å²) < 4.78 is 12.4. The second-order valence-electron chi connectivity index (χ2n) is 2.46. The molecule has 0 aromatic heterocycles. The molecule has 1 rings (SSSR count). The Morgan fingerprint density at radius 1 is 1.67 bits per heavy atom. The lowest BCUT2D eigenvalue weighted by atomic mass is 9.92. The van der Waals surface area contributed by atoms with Crippen molar-refractivity contribution in [1.82, 2.24) is 0 Å². The van der Waals surface area contributed by atoms with Crippen molar-refractivity contribution in [1.29, 1.82) is 0 Å². The molecule has 1 aliphatic rings. The monoisotopic (exact) mass is 174 g/mol. The first-order valence-corrected chi connectivity index (χ1v) is 3.17. The van der Waals surface area contributed by atoms with Crippen LogP contribution in [0.5, 0.6) is 0 Å². The topological polar surface area (TPSA) is 77.8 Å². The second kappa shape index (κ2) is 2.69. The van der Waals surface area contributed by atoms with Crippen LogP contribution in [-0.2, 0) is 4.79 Å². The van der Waals surface area contributed by atoms with E-state index in [1.807, 2.05) is 0 Å². The molecule has 0 heterocycles. The van der Waals surface area contributed by atoms with Gasteiger partial charge in [-0.25, -0.2) is 9.18 Å². The largest absolute Gasteiger partial charge is 0.479 e. The van der Waals surface area contributed by atoms with Gasteiger partial charge in [-0.1, -0.05) is 0 Å². The molecule has 0 aliphatic heterocycles. The van der Waals surface area contributed by atoms with Crippen molar-refractivity contribution in [3.05, 3.63) is 24.1 Å². The Morgan fingerprint density at radius 2 is 2.25 bits per heavy atom. The van der Waals surface area contributed by atoms with E-state index >= 15 is 0 Å². The van der Waals surface area contributed by atoms with Gasteiger partial charge in [0.2, 0.25) is 5.60 Å². The first kappa shape index (κ1) is 8.89. The molecule has 0 aromatic carbocycles. The summed E-state index contributed by atoms with van der Waals surface area (Å²) in [5.41, 5.74) is -2.41. The van der Waals surface area contributed by atoms with Crippen molar-refractivity contribution in [3.63, 3.8) is 0 Å². The van der Waals surface area contributed by atoms with Gasteiger partial charge in [0.1, 0.15) is 11.9 Å². The fourth-order valence-electron chi connectivity index (χ4n) is 0.836. The Labute approximate surface area is 67.3 Å². The molecule has 0 bridgehead atoms. The number of aliphatic carboxylic acids is 1. The summed E-state index contributed by atoms with van der Waals surface area (Å²) in [6, 6.07) is 0. The van der Waals surface area contributed by atoms with Crippen molar-refractivity contribution in [2.75, 3.05) is 0 Å². The Balaban J connectivity index is 2.99. The molecule has 0 amide bonds. The van der Waals surface area contributed by atoms with Gasteiger partial charge < -0.3 is 15.3 Å². The summed E-state index contributed by atoms with van der Waals surface area (Å²) in [6.07, 6.45) is 0.379. The molecule has 3 N–H and O–H groups in total. The molecule has 0 spiro atoms. The third kappa shape index (κ3) is 1.24. The van der Waals surface area contributed by atoms with Crippen LogP contribution < -0.4 is 0 Å². The maximum absolute atomic E-state index is 12.4. The minimum Gasteiger partial charge on any atom is -0.479 e. The predicted molar refractivity (Wildman–Crippen MR) is 36.9 cm³/mol. The third-order valence-corrected chi connectivity index (χ3v) is 1.61. The van der Waals surface area contributed by atoms with Crippen LogP contribution in [0.2, 0.25) is 0 Å².